The maximum absolute atomic E-state index is 12.9. The molecule has 41 heavy (non-hydrogen) atoms. The van der Waals surface area contributed by atoms with Crippen molar-refractivity contribution in [1.29, 1.82) is 0 Å². The first-order valence-electron chi connectivity index (χ1n) is 13.1. The fourth-order valence-corrected chi connectivity index (χ4v) is 3.98. The third-order valence-corrected chi connectivity index (χ3v) is 6.06. The van der Waals surface area contributed by atoms with E-state index in [9.17, 15) is 14.4 Å². The first-order valence-corrected chi connectivity index (χ1v) is 13.1. The molecule has 0 fully saturated rings. The van der Waals surface area contributed by atoms with Crippen molar-refractivity contribution in [2.75, 3.05) is 36.7 Å². The summed E-state index contributed by atoms with van der Waals surface area (Å²) in [6.45, 7) is 1.43. The highest BCUT2D eigenvalue weighted by molar-refractivity contribution is 6.01. The maximum Gasteiger partial charge on any atom is 0.412 e. The van der Waals surface area contributed by atoms with Crippen molar-refractivity contribution in [2.24, 2.45) is 0 Å². The van der Waals surface area contributed by atoms with E-state index in [1.807, 2.05) is 0 Å². The van der Waals surface area contributed by atoms with Gasteiger partial charge in [0.1, 0.15) is 12.4 Å². The smallest absolute Gasteiger partial charge is 0.412 e. The van der Waals surface area contributed by atoms with Gasteiger partial charge in [0.05, 0.1) is 24.1 Å². The van der Waals surface area contributed by atoms with E-state index in [-0.39, 0.29) is 24.9 Å². The van der Waals surface area contributed by atoms with Gasteiger partial charge in [0.25, 0.3) is 0 Å². The maximum atomic E-state index is 12.9. The van der Waals surface area contributed by atoms with Crippen molar-refractivity contribution >= 4 is 34.8 Å². The molecule has 5 N–H and O–H groups in total. The number of rotatable bonds is 14. The van der Waals surface area contributed by atoms with Crippen LogP contribution < -0.4 is 21.1 Å². The lowest BCUT2D eigenvalue weighted by molar-refractivity contribution is -0.111. The normalized spacial score (nSPS) is 12.4. The molecule has 2 atom stereocenters. The van der Waals surface area contributed by atoms with E-state index in [2.05, 4.69) is 10.6 Å². The topological polar surface area (TPSA) is 149 Å². The molecule has 0 saturated heterocycles. The Morgan fingerprint density at radius 1 is 1.00 bits per heavy atom. The Morgan fingerprint density at radius 3 is 2.44 bits per heavy atom. The van der Waals surface area contributed by atoms with E-state index >= 15 is 0 Å². The van der Waals surface area contributed by atoms with Crippen LogP contribution >= 0.6 is 0 Å². The van der Waals surface area contributed by atoms with Crippen molar-refractivity contribution in [3.63, 3.8) is 0 Å². The first kappa shape index (κ1) is 30.9. The number of amides is 2. The SMILES string of the molecule is CO[C@@H](CC/C=C/C(=O)Nc1ccccc1N)[C@@H](OC(=O)Nc1ccc(C(C)=O)cc1)c1cccc(OCCO)c1. The van der Waals surface area contributed by atoms with Crippen LogP contribution in [0.1, 0.15) is 41.8 Å². The summed E-state index contributed by atoms with van der Waals surface area (Å²) in [4.78, 5) is 36.8. The van der Waals surface area contributed by atoms with E-state index in [0.29, 0.717) is 46.8 Å². The quantitative estimate of drug-likeness (QED) is 0.120. The predicted molar refractivity (Wildman–Crippen MR) is 157 cm³/mol. The number of nitrogens with two attached hydrogens (primary N) is 1. The molecule has 0 unspecified atom stereocenters. The van der Waals surface area contributed by atoms with Crippen LogP contribution in [0.5, 0.6) is 5.75 Å². The van der Waals surface area contributed by atoms with Crippen LogP contribution in [-0.2, 0) is 14.3 Å². The number of anilines is 3. The van der Waals surface area contributed by atoms with Gasteiger partial charge < -0.3 is 30.4 Å². The molecule has 2 amide bonds. The van der Waals surface area contributed by atoms with E-state index < -0.39 is 18.3 Å². The number of ketones is 1. The summed E-state index contributed by atoms with van der Waals surface area (Å²) in [5, 5.41) is 14.5. The highest BCUT2D eigenvalue weighted by Crippen LogP contribution is 2.30. The van der Waals surface area contributed by atoms with Gasteiger partial charge in [-0.2, -0.15) is 0 Å². The minimum Gasteiger partial charge on any atom is -0.491 e. The minimum atomic E-state index is -0.833. The zero-order chi connectivity index (χ0) is 29.6. The van der Waals surface area contributed by atoms with Crippen LogP contribution in [0, 0.1) is 0 Å². The lowest BCUT2D eigenvalue weighted by atomic mass is 10.00. The average molecular weight is 562 g/mol. The third kappa shape index (κ3) is 9.79. The molecule has 0 aliphatic rings. The number of nitrogens with one attached hydrogen (secondary N) is 2. The number of Topliss-reactive ketones (excluding diaryl/α,β-unsaturated/α-hetero) is 1. The van der Waals surface area contributed by atoms with Crippen LogP contribution in [-0.4, -0.2) is 49.3 Å². The number of carbonyl (C=O) groups is 3. The second-order valence-electron chi connectivity index (χ2n) is 9.06. The number of carbonyl (C=O) groups excluding carboxylic acids is 3. The standard InChI is InChI=1S/C31H35N3O7/c1-21(36)22-14-16-24(17-15-22)33-31(38)41-30(23-8-7-9-25(20-23)40-19-18-35)28(39-2)12-5-6-13-29(37)34-27-11-4-3-10-26(27)32/h3-4,6-11,13-17,20,28,30,35H,5,12,18-19,32H2,1-2H3,(H,33,38)(H,34,37)/b13-6+/t28-,30-/m0/s1. The van der Waals surface area contributed by atoms with Crippen molar-refractivity contribution in [3.8, 4) is 5.75 Å². The number of nitrogen functional groups attached to an aromatic ring is 1. The molecule has 10 nitrogen and oxygen atoms in total. The van der Waals surface area contributed by atoms with Gasteiger partial charge in [0, 0.05) is 18.4 Å². The summed E-state index contributed by atoms with van der Waals surface area (Å²) in [5.41, 5.74) is 8.47. The summed E-state index contributed by atoms with van der Waals surface area (Å²) in [5.74, 6) is 0.0895. The van der Waals surface area contributed by atoms with Gasteiger partial charge in [-0.25, -0.2) is 4.79 Å². The van der Waals surface area contributed by atoms with E-state index in [0.717, 1.165) is 0 Å². The Balaban J connectivity index is 1.71. The summed E-state index contributed by atoms with van der Waals surface area (Å²) in [7, 11) is 1.51. The monoisotopic (exact) mass is 561 g/mol. The minimum absolute atomic E-state index is 0.0823. The predicted octanol–water partition coefficient (Wildman–Crippen LogP) is 5.12. The fourth-order valence-electron chi connectivity index (χ4n) is 3.98. The zero-order valence-corrected chi connectivity index (χ0v) is 23.0. The van der Waals surface area contributed by atoms with Gasteiger partial charge in [-0.3, -0.25) is 14.9 Å². The molecular formula is C31H35N3O7. The lowest BCUT2D eigenvalue weighted by Crippen LogP contribution is -2.28. The number of aliphatic hydroxyl groups excluding tert-OH is 1. The average Bonchev–Trinajstić information content (AvgIpc) is 2.97. The summed E-state index contributed by atoms with van der Waals surface area (Å²) < 4.78 is 17.1. The number of methoxy groups -OCH3 is 1. The Kier molecular flexibility index (Phi) is 11.9. The zero-order valence-electron chi connectivity index (χ0n) is 23.0. The Morgan fingerprint density at radius 2 is 1.76 bits per heavy atom. The Labute approximate surface area is 239 Å². The molecule has 3 aromatic carbocycles. The van der Waals surface area contributed by atoms with E-state index in [4.69, 9.17) is 25.1 Å². The number of para-hydroxylation sites is 2. The molecule has 0 aliphatic heterocycles. The Bertz CT molecular complexity index is 1340. The molecule has 3 aromatic rings. The highest BCUT2D eigenvalue weighted by atomic mass is 16.6. The number of ether oxygens (including phenoxy) is 3. The molecule has 0 aromatic heterocycles. The molecule has 10 heteroatoms. The summed E-state index contributed by atoms with van der Waals surface area (Å²) >= 11 is 0. The molecule has 0 radical (unpaired) electrons. The van der Waals surface area contributed by atoms with Crippen LogP contribution in [0.3, 0.4) is 0 Å². The van der Waals surface area contributed by atoms with Gasteiger partial charge in [-0.1, -0.05) is 30.3 Å². The number of hydrogen-bond acceptors (Lipinski definition) is 8. The summed E-state index contributed by atoms with van der Waals surface area (Å²) in [6.07, 6.45) is 1.85. The van der Waals surface area contributed by atoms with Crippen molar-refractivity contribution in [3.05, 3.63) is 96.1 Å². The van der Waals surface area contributed by atoms with Gasteiger partial charge in [0.15, 0.2) is 11.9 Å². The number of hydrogen-bond donors (Lipinski definition) is 4. The van der Waals surface area contributed by atoms with Gasteiger partial charge in [0.2, 0.25) is 5.91 Å². The second kappa shape index (κ2) is 15.8. The van der Waals surface area contributed by atoms with Crippen LogP contribution in [0.25, 0.3) is 0 Å². The first-order chi connectivity index (χ1) is 19.8. The highest BCUT2D eigenvalue weighted by Gasteiger charge is 2.27. The van der Waals surface area contributed by atoms with Crippen molar-refractivity contribution < 1.29 is 33.7 Å². The lowest BCUT2D eigenvalue weighted by Gasteiger charge is -2.26. The number of allylic oxidation sites excluding steroid dienone is 1. The molecule has 0 spiro atoms. The molecule has 0 saturated carbocycles. The molecule has 216 valence electrons. The number of aliphatic hydroxyl groups is 1. The Hall–Kier alpha value is -4.67. The molecule has 0 heterocycles. The molecule has 3 rings (SSSR count). The largest absolute Gasteiger partial charge is 0.491 e. The molecule has 0 bridgehead atoms. The van der Waals surface area contributed by atoms with Gasteiger partial charge >= 0.3 is 6.09 Å². The summed E-state index contributed by atoms with van der Waals surface area (Å²) in [6, 6.07) is 20.4. The van der Waals surface area contributed by atoms with E-state index in [1.165, 1.54) is 20.1 Å². The van der Waals surface area contributed by atoms with Crippen molar-refractivity contribution in [1.82, 2.24) is 0 Å². The van der Waals surface area contributed by atoms with Crippen LogP contribution in [0.15, 0.2) is 84.9 Å². The molecular weight excluding hydrogens is 526 g/mol. The van der Waals surface area contributed by atoms with Crippen molar-refractivity contribution in [2.45, 2.75) is 32.0 Å². The molecule has 0 aliphatic carbocycles. The van der Waals surface area contributed by atoms with Gasteiger partial charge in [-0.15, -0.1) is 0 Å². The van der Waals surface area contributed by atoms with E-state index in [1.54, 1.807) is 78.9 Å². The van der Waals surface area contributed by atoms with Crippen LogP contribution in [0.2, 0.25) is 0 Å². The number of benzene rings is 3. The van der Waals surface area contributed by atoms with Crippen LogP contribution in [0.4, 0.5) is 21.9 Å². The fraction of sp³-hybridized carbons (Fsp3) is 0.258. The van der Waals surface area contributed by atoms with Gasteiger partial charge in [-0.05, 0) is 79.9 Å². The second-order valence-corrected chi connectivity index (χ2v) is 9.06. The third-order valence-electron chi connectivity index (χ3n) is 6.06.